The Morgan fingerprint density at radius 1 is 1.37 bits per heavy atom. The molecule has 1 saturated heterocycles. The van der Waals surface area contributed by atoms with Gasteiger partial charge in [-0.25, -0.2) is 4.79 Å². The Morgan fingerprint density at radius 2 is 2.11 bits per heavy atom. The standard InChI is InChI=1S/C14H19N3O2/c1-15-14(19)16-8-12-7-13(18)17(10-12)9-11-5-3-2-4-6-11/h2-6,12H,7-10H2,1H3,(H2,15,16,19). The van der Waals surface area contributed by atoms with E-state index in [0.717, 1.165) is 5.56 Å². The molecule has 5 heteroatoms. The third-order valence-electron chi connectivity index (χ3n) is 3.29. The number of urea groups is 1. The molecule has 2 N–H and O–H groups in total. The summed E-state index contributed by atoms with van der Waals surface area (Å²) in [4.78, 5) is 24.9. The molecule has 0 saturated carbocycles. The zero-order chi connectivity index (χ0) is 13.7. The first-order chi connectivity index (χ1) is 9.19. The third-order valence-corrected chi connectivity index (χ3v) is 3.29. The fourth-order valence-electron chi connectivity index (χ4n) is 2.27. The molecule has 102 valence electrons. The highest BCUT2D eigenvalue weighted by molar-refractivity contribution is 5.79. The molecule has 1 aliphatic rings. The first-order valence-corrected chi connectivity index (χ1v) is 6.46. The topological polar surface area (TPSA) is 61.4 Å². The summed E-state index contributed by atoms with van der Waals surface area (Å²) < 4.78 is 0. The fraction of sp³-hybridized carbons (Fsp3) is 0.429. The molecule has 1 heterocycles. The number of hydrogen-bond acceptors (Lipinski definition) is 2. The second-order valence-corrected chi connectivity index (χ2v) is 4.79. The van der Waals surface area contributed by atoms with E-state index in [0.29, 0.717) is 26.1 Å². The van der Waals surface area contributed by atoms with E-state index in [1.807, 2.05) is 35.2 Å². The summed E-state index contributed by atoms with van der Waals surface area (Å²) in [5, 5.41) is 5.25. The van der Waals surface area contributed by atoms with Gasteiger partial charge in [-0.1, -0.05) is 30.3 Å². The van der Waals surface area contributed by atoms with Crippen LogP contribution in [0.5, 0.6) is 0 Å². The van der Waals surface area contributed by atoms with E-state index in [2.05, 4.69) is 10.6 Å². The molecule has 1 fully saturated rings. The number of hydrogen-bond donors (Lipinski definition) is 2. The molecule has 0 aliphatic carbocycles. The maximum Gasteiger partial charge on any atom is 0.314 e. The van der Waals surface area contributed by atoms with Gasteiger partial charge in [-0.2, -0.15) is 0 Å². The molecule has 1 unspecified atom stereocenters. The molecular weight excluding hydrogens is 242 g/mol. The number of nitrogens with zero attached hydrogens (tertiary/aromatic N) is 1. The van der Waals surface area contributed by atoms with Crippen molar-refractivity contribution < 1.29 is 9.59 Å². The van der Waals surface area contributed by atoms with E-state index in [4.69, 9.17) is 0 Å². The van der Waals surface area contributed by atoms with E-state index < -0.39 is 0 Å². The maximum atomic E-state index is 11.9. The fourth-order valence-corrected chi connectivity index (χ4v) is 2.27. The molecular formula is C14H19N3O2. The summed E-state index contributed by atoms with van der Waals surface area (Å²) in [6, 6.07) is 9.74. The molecule has 0 aromatic heterocycles. The lowest BCUT2D eigenvalue weighted by molar-refractivity contribution is -0.128. The Labute approximate surface area is 113 Å². The minimum Gasteiger partial charge on any atom is -0.341 e. The molecule has 0 spiro atoms. The SMILES string of the molecule is CNC(=O)NCC1CC(=O)N(Cc2ccccc2)C1. The van der Waals surface area contributed by atoms with Crippen LogP contribution < -0.4 is 10.6 Å². The van der Waals surface area contributed by atoms with Gasteiger partial charge >= 0.3 is 6.03 Å². The number of nitrogens with one attached hydrogen (secondary N) is 2. The minimum atomic E-state index is -0.200. The molecule has 1 aliphatic heterocycles. The number of rotatable bonds is 4. The average molecular weight is 261 g/mol. The van der Waals surface area contributed by atoms with Gasteiger partial charge < -0.3 is 15.5 Å². The lowest BCUT2D eigenvalue weighted by atomic mass is 10.1. The van der Waals surface area contributed by atoms with Crippen molar-refractivity contribution in [3.05, 3.63) is 35.9 Å². The molecule has 3 amide bonds. The van der Waals surface area contributed by atoms with Crippen molar-refractivity contribution in [1.82, 2.24) is 15.5 Å². The Morgan fingerprint density at radius 3 is 2.79 bits per heavy atom. The van der Waals surface area contributed by atoms with Crippen molar-refractivity contribution in [1.29, 1.82) is 0 Å². The van der Waals surface area contributed by atoms with Crippen LogP contribution in [0.15, 0.2) is 30.3 Å². The summed E-state index contributed by atoms with van der Waals surface area (Å²) in [6.45, 7) is 1.89. The zero-order valence-electron chi connectivity index (χ0n) is 11.1. The van der Waals surface area contributed by atoms with Gasteiger partial charge in [0.1, 0.15) is 0 Å². The van der Waals surface area contributed by atoms with Crippen molar-refractivity contribution >= 4 is 11.9 Å². The van der Waals surface area contributed by atoms with Gasteiger partial charge in [0.15, 0.2) is 0 Å². The van der Waals surface area contributed by atoms with Gasteiger partial charge in [0.25, 0.3) is 0 Å². The second kappa shape index (κ2) is 6.22. The van der Waals surface area contributed by atoms with Crippen LogP contribution in [0.4, 0.5) is 4.79 Å². The van der Waals surface area contributed by atoms with E-state index in [9.17, 15) is 9.59 Å². The van der Waals surface area contributed by atoms with Crippen LogP contribution in [-0.2, 0) is 11.3 Å². The van der Waals surface area contributed by atoms with Crippen molar-refractivity contribution in [2.45, 2.75) is 13.0 Å². The summed E-state index contributed by atoms with van der Waals surface area (Å²) in [5.41, 5.74) is 1.13. The predicted octanol–water partition coefficient (Wildman–Crippen LogP) is 0.964. The molecule has 1 atom stereocenters. The summed E-state index contributed by atoms with van der Waals surface area (Å²) in [5.74, 6) is 0.362. The zero-order valence-corrected chi connectivity index (χ0v) is 11.1. The first-order valence-electron chi connectivity index (χ1n) is 6.46. The van der Waals surface area contributed by atoms with E-state index >= 15 is 0 Å². The van der Waals surface area contributed by atoms with Crippen LogP contribution in [0.25, 0.3) is 0 Å². The van der Waals surface area contributed by atoms with Crippen molar-refractivity contribution in [2.75, 3.05) is 20.1 Å². The number of carbonyl (C=O) groups excluding carboxylic acids is 2. The number of amides is 3. The predicted molar refractivity (Wildman–Crippen MR) is 72.4 cm³/mol. The Balaban J connectivity index is 1.84. The van der Waals surface area contributed by atoms with Gasteiger partial charge in [-0.15, -0.1) is 0 Å². The van der Waals surface area contributed by atoms with Crippen LogP contribution in [0.3, 0.4) is 0 Å². The molecule has 19 heavy (non-hydrogen) atoms. The van der Waals surface area contributed by atoms with E-state index in [-0.39, 0.29) is 17.9 Å². The highest BCUT2D eigenvalue weighted by Crippen LogP contribution is 2.19. The summed E-state index contributed by atoms with van der Waals surface area (Å²) in [7, 11) is 1.58. The number of benzene rings is 1. The van der Waals surface area contributed by atoms with Crippen LogP contribution in [0.2, 0.25) is 0 Å². The number of carbonyl (C=O) groups is 2. The van der Waals surface area contributed by atoms with Crippen LogP contribution >= 0.6 is 0 Å². The third kappa shape index (κ3) is 3.71. The highest BCUT2D eigenvalue weighted by atomic mass is 16.2. The smallest absolute Gasteiger partial charge is 0.314 e. The summed E-state index contributed by atoms with van der Waals surface area (Å²) in [6.07, 6.45) is 0.511. The maximum absolute atomic E-state index is 11.9. The first kappa shape index (κ1) is 13.4. The van der Waals surface area contributed by atoms with Gasteiger partial charge in [0.05, 0.1) is 0 Å². The molecule has 2 rings (SSSR count). The quantitative estimate of drug-likeness (QED) is 0.848. The van der Waals surface area contributed by atoms with Gasteiger partial charge in [0, 0.05) is 39.0 Å². The van der Waals surface area contributed by atoms with Crippen LogP contribution in [-0.4, -0.2) is 37.0 Å². The van der Waals surface area contributed by atoms with Crippen LogP contribution in [0, 0.1) is 5.92 Å². The number of likely N-dealkylation sites (tertiary alicyclic amines) is 1. The molecule has 5 nitrogen and oxygen atoms in total. The molecule has 1 aromatic carbocycles. The summed E-state index contributed by atoms with van der Waals surface area (Å²) >= 11 is 0. The highest BCUT2D eigenvalue weighted by Gasteiger charge is 2.29. The van der Waals surface area contributed by atoms with E-state index in [1.54, 1.807) is 7.05 Å². The lowest BCUT2D eigenvalue weighted by Gasteiger charge is -2.17. The molecule has 0 radical (unpaired) electrons. The van der Waals surface area contributed by atoms with Crippen molar-refractivity contribution in [2.24, 2.45) is 5.92 Å². The Hall–Kier alpha value is -2.04. The Bertz CT molecular complexity index is 447. The second-order valence-electron chi connectivity index (χ2n) is 4.79. The molecule has 0 bridgehead atoms. The lowest BCUT2D eigenvalue weighted by Crippen LogP contribution is -2.36. The molecule has 1 aromatic rings. The van der Waals surface area contributed by atoms with Crippen LogP contribution in [0.1, 0.15) is 12.0 Å². The minimum absolute atomic E-state index is 0.160. The average Bonchev–Trinajstić information content (AvgIpc) is 2.78. The Kier molecular flexibility index (Phi) is 4.39. The van der Waals surface area contributed by atoms with Gasteiger partial charge in [0.2, 0.25) is 5.91 Å². The largest absolute Gasteiger partial charge is 0.341 e. The van der Waals surface area contributed by atoms with E-state index in [1.165, 1.54) is 0 Å². The van der Waals surface area contributed by atoms with Crippen molar-refractivity contribution in [3.8, 4) is 0 Å². The normalized spacial score (nSPS) is 18.5. The van der Waals surface area contributed by atoms with Gasteiger partial charge in [-0.3, -0.25) is 4.79 Å². The van der Waals surface area contributed by atoms with Crippen molar-refractivity contribution in [3.63, 3.8) is 0 Å². The van der Waals surface area contributed by atoms with Gasteiger partial charge in [-0.05, 0) is 5.56 Å². The monoisotopic (exact) mass is 261 g/mol.